The predicted molar refractivity (Wildman–Crippen MR) is 107 cm³/mol. The van der Waals surface area contributed by atoms with Gasteiger partial charge in [0.05, 0.1) is 11.7 Å². The lowest BCUT2D eigenvalue weighted by Crippen LogP contribution is -2.38. The Morgan fingerprint density at radius 3 is 2.77 bits per heavy atom. The zero-order chi connectivity index (χ0) is 22.2. The number of rotatable bonds is 4. The van der Waals surface area contributed by atoms with Crippen LogP contribution in [0.5, 0.6) is 0 Å². The third-order valence-electron chi connectivity index (χ3n) is 6.10. The van der Waals surface area contributed by atoms with Crippen molar-refractivity contribution >= 4 is 17.5 Å². The molecule has 4 rings (SSSR count). The van der Waals surface area contributed by atoms with E-state index in [0.29, 0.717) is 42.9 Å². The van der Waals surface area contributed by atoms with E-state index in [1.807, 2.05) is 0 Å². The van der Waals surface area contributed by atoms with E-state index in [2.05, 4.69) is 4.99 Å². The number of alkyl halides is 3. The number of Topliss-reactive ketones (excluding diaryl/α,β-unsaturated/α-hetero) is 1. The van der Waals surface area contributed by atoms with Crippen molar-refractivity contribution in [3.05, 3.63) is 46.7 Å². The first-order valence-electron chi connectivity index (χ1n) is 10.5. The van der Waals surface area contributed by atoms with Crippen LogP contribution >= 0.6 is 0 Å². The largest absolute Gasteiger partial charge is 0.462 e. The van der Waals surface area contributed by atoms with E-state index in [9.17, 15) is 22.8 Å². The number of ether oxygens (including phenoxy) is 2. The van der Waals surface area contributed by atoms with Crippen LogP contribution in [0.15, 0.2) is 40.5 Å². The molecule has 2 aliphatic heterocycles. The van der Waals surface area contributed by atoms with E-state index >= 15 is 0 Å². The molecule has 0 radical (unpaired) electrons. The minimum absolute atomic E-state index is 0.0811. The van der Waals surface area contributed by atoms with Crippen LogP contribution in [-0.4, -0.2) is 36.8 Å². The fourth-order valence-corrected chi connectivity index (χ4v) is 4.62. The van der Waals surface area contributed by atoms with Gasteiger partial charge in [0.1, 0.15) is 12.5 Å². The number of hydrogen-bond donors (Lipinski definition) is 0. The summed E-state index contributed by atoms with van der Waals surface area (Å²) in [6, 6.07) is 4.85. The summed E-state index contributed by atoms with van der Waals surface area (Å²) >= 11 is 0. The molecular formula is C23H24F3NO4. The molecule has 0 N–H and O–H groups in total. The molecule has 1 aliphatic carbocycles. The molecule has 3 aliphatic rings. The number of hydrogen-bond acceptors (Lipinski definition) is 5. The quantitative estimate of drug-likeness (QED) is 0.648. The Bertz CT molecular complexity index is 944. The van der Waals surface area contributed by atoms with Crippen molar-refractivity contribution in [2.75, 3.05) is 13.2 Å². The molecule has 5 nitrogen and oxygen atoms in total. The molecule has 0 amide bonds. The van der Waals surface area contributed by atoms with Crippen molar-refractivity contribution in [2.45, 2.75) is 57.2 Å². The third kappa shape index (κ3) is 4.44. The molecular weight excluding hydrogens is 411 g/mol. The van der Waals surface area contributed by atoms with Gasteiger partial charge in [0, 0.05) is 35.9 Å². The highest BCUT2D eigenvalue weighted by molar-refractivity contribution is 6.08. The summed E-state index contributed by atoms with van der Waals surface area (Å²) in [7, 11) is 0. The van der Waals surface area contributed by atoms with Crippen molar-refractivity contribution in [3.8, 4) is 0 Å². The molecule has 1 unspecified atom stereocenters. The van der Waals surface area contributed by atoms with Gasteiger partial charge in [-0.1, -0.05) is 18.2 Å². The minimum atomic E-state index is -4.53. The maximum Gasteiger partial charge on any atom is 0.416 e. The maximum atomic E-state index is 13.4. The first-order chi connectivity index (χ1) is 14.8. The van der Waals surface area contributed by atoms with Gasteiger partial charge in [0.15, 0.2) is 5.78 Å². The van der Waals surface area contributed by atoms with E-state index in [-0.39, 0.29) is 24.1 Å². The number of ketones is 1. The van der Waals surface area contributed by atoms with Crippen LogP contribution in [0.25, 0.3) is 0 Å². The molecule has 0 aromatic heterocycles. The zero-order valence-corrected chi connectivity index (χ0v) is 17.2. The molecule has 0 spiro atoms. The second-order valence-corrected chi connectivity index (χ2v) is 8.23. The SMILES string of the molecule is CC1=NC2=C(C(=O)CCC2)[C@H](c2cccc(C(F)(F)F)c2)C1C(=O)OC[C@H]1CCCO1. The fraction of sp³-hybridized carbons (Fsp3) is 0.522. The molecule has 1 fully saturated rings. The molecule has 31 heavy (non-hydrogen) atoms. The molecule has 166 valence electrons. The van der Waals surface area contributed by atoms with E-state index in [1.165, 1.54) is 12.1 Å². The Labute approximate surface area is 178 Å². The van der Waals surface area contributed by atoms with Gasteiger partial charge in [0.25, 0.3) is 0 Å². The van der Waals surface area contributed by atoms with Gasteiger partial charge in [-0.3, -0.25) is 14.6 Å². The van der Waals surface area contributed by atoms with Crippen LogP contribution in [0.3, 0.4) is 0 Å². The van der Waals surface area contributed by atoms with Crippen molar-refractivity contribution in [2.24, 2.45) is 10.9 Å². The van der Waals surface area contributed by atoms with E-state index in [1.54, 1.807) is 6.92 Å². The van der Waals surface area contributed by atoms with Gasteiger partial charge in [-0.15, -0.1) is 0 Å². The van der Waals surface area contributed by atoms with E-state index in [4.69, 9.17) is 9.47 Å². The second kappa shape index (κ2) is 8.57. The minimum Gasteiger partial charge on any atom is -0.462 e. The van der Waals surface area contributed by atoms with Crippen LogP contribution in [0.4, 0.5) is 13.2 Å². The molecule has 3 atom stereocenters. The number of halogens is 3. The highest BCUT2D eigenvalue weighted by Crippen LogP contribution is 2.44. The lowest BCUT2D eigenvalue weighted by atomic mass is 9.71. The van der Waals surface area contributed by atoms with Crippen LogP contribution in [0, 0.1) is 5.92 Å². The molecule has 2 heterocycles. The van der Waals surface area contributed by atoms with E-state index in [0.717, 1.165) is 25.0 Å². The van der Waals surface area contributed by atoms with Gasteiger partial charge in [-0.2, -0.15) is 13.2 Å². The predicted octanol–water partition coefficient (Wildman–Crippen LogP) is 4.61. The van der Waals surface area contributed by atoms with Gasteiger partial charge in [0.2, 0.25) is 0 Å². The Kier molecular flexibility index (Phi) is 6.01. The molecule has 0 saturated carbocycles. The lowest BCUT2D eigenvalue weighted by molar-refractivity contribution is -0.149. The molecule has 0 bridgehead atoms. The lowest BCUT2D eigenvalue weighted by Gasteiger charge is -2.34. The number of aliphatic imine (C=N–C) groups is 1. The maximum absolute atomic E-state index is 13.4. The Morgan fingerprint density at radius 1 is 1.26 bits per heavy atom. The number of carbonyl (C=O) groups excluding carboxylic acids is 2. The van der Waals surface area contributed by atoms with Crippen LogP contribution < -0.4 is 0 Å². The number of allylic oxidation sites excluding steroid dienone is 2. The summed E-state index contributed by atoms with van der Waals surface area (Å²) in [5.74, 6) is -2.56. The summed E-state index contributed by atoms with van der Waals surface area (Å²) in [5, 5.41) is 0. The summed E-state index contributed by atoms with van der Waals surface area (Å²) in [6.07, 6.45) is -1.54. The monoisotopic (exact) mass is 435 g/mol. The molecule has 1 aromatic rings. The normalized spacial score (nSPS) is 26.5. The summed E-state index contributed by atoms with van der Waals surface area (Å²) < 4.78 is 51.1. The van der Waals surface area contributed by atoms with E-state index < -0.39 is 29.5 Å². The van der Waals surface area contributed by atoms with Crippen molar-refractivity contribution < 1.29 is 32.2 Å². The highest BCUT2D eigenvalue weighted by Gasteiger charge is 2.44. The topological polar surface area (TPSA) is 65.0 Å². The highest BCUT2D eigenvalue weighted by atomic mass is 19.4. The Hall–Kier alpha value is -2.48. The second-order valence-electron chi connectivity index (χ2n) is 8.23. The summed E-state index contributed by atoms with van der Waals surface area (Å²) in [6.45, 7) is 2.36. The van der Waals surface area contributed by atoms with Crippen molar-refractivity contribution in [3.63, 3.8) is 0 Å². The van der Waals surface area contributed by atoms with Crippen LogP contribution in [-0.2, 0) is 25.2 Å². The average Bonchev–Trinajstić information content (AvgIpc) is 3.24. The first-order valence-corrected chi connectivity index (χ1v) is 10.5. The Morgan fingerprint density at radius 2 is 2.06 bits per heavy atom. The average molecular weight is 435 g/mol. The summed E-state index contributed by atoms with van der Waals surface area (Å²) in [4.78, 5) is 30.4. The first kappa shape index (κ1) is 21.7. The number of nitrogens with zero attached hydrogens (tertiary/aromatic N) is 1. The zero-order valence-electron chi connectivity index (χ0n) is 17.2. The molecule has 1 aromatic carbocycles. The van der Waals surface area contributed by atoms with Crippen molar-refractivity contribution in [1.29, 1.82) is 0 Å². The summed E-state index contributed by atoms with van der Waals surface area (Å²) in [5.41, 5.74) is 0.815. The smallest absolute Gasteiger partial charge is 0.416 e. The third-order valence-corrected chi connectivity index (χ3v) is 6.10. The fourth-order valence-electron chi connectivity index (χ4n) is 4.62. The number of carbonyl (C=O) groups is 2. The molecule has 8 heteroatoms. The standard InChI is InChI=1S/C23H24F3NO4/c1-13-19(22(29)31-12-16-7-4-10-30-16)20(21-17(27-13)8-3-9-18(21)28)14-5-2-6-15(11-14)23(24,25)26/h2,5-6,11,16,19-20H,3-4,7-10,12H2,1H3/t16-,19?,20-/m1/s1. The Balaban J connectivity index is 1.72. The van der Waals surface area contributed by atoms with Gasteiger partial charge in [-0.05, 0) is 44.2 Å². The van der Waals surface area contributed by atoms with Gasteiger partial charge < -0.3 is 9.47 Å². The number of esters is 1. The van der Waals surface area contributed by atoms with Gasteiger partial charge >= 0.3 is 12.1 Å². The van der Waals surface area contributed by atoms with Crippen molar-refractivity contribution in [1.82, 2.24) is 0 Å². The van der Waals surface area contributed by atoms with Crippen LogP contribution in [0.2, 0.25) is 0 Å². The number of benzene rings is 1. The van der Waals surface area contributed by atoms with Crippen LogP contribution in [0.1, 0.15) is 56.1 Å². The van der Waals surface area contributed by atoms with Gasteiger partial charge in [-0.25, -0.2) is 0 Å². The molecule has 1 saturated heterocycles.